The summed E-state index contributed by atoms with van der Waals surface area (Å²) in [5.74, 6) is 0.719. The van der Waals surface area contributed by atoms with Crippen LogP contribution in [0.15, 0.2) is 47.6 Å². The van der Waals surface area contributed by atoms with Crippen LogP contribution in [-0.2, 0) is 4.79 Å². The van der Waals surface area contributed by atoms with Crippen molar-refractivity contribution in [2.75, 3.05) is 10.7 Å². The first-order valence-corrected chi connectivity index (χ1v) is 10.1. The van der Waals surface area contributed by atoms with Crippen LogP contribution in [-0.4, -0.2) is 26.0 Å². The number of carbonyl (C=O) groups excluding carboxylic acids is 1. The average Bonchev–Trinajstić information content (AvgIpc) is 3.05. The molecule has 0 unspecified atom stereocenters. The lowest BCUT2D eigenvalue weighted by Gasteiger charge is -2.33. The number of thioether (sulfide) groups is 1. The van der Waals surface area contributed by atoms with E-state index in [0.717, 1.165) is 28.2 Å². The van der Waals surface area contributed by atoms with Crippen molar-refractivity contribution in [3.05, 3.63) is 70.5 Å². The van der Waals surface area contributed by atoms with Gasteiger partial charge in [0.15, 0.2) is 0 Å². The molecule has 7 heteroatoms. The van der Waals surface area contributed by atoms with Crippen molar-refractivity contribution >= 4 is 23.4 Å². The summed E-state index contributed by atoms with van der Waals surface area (Å²) in [5, 5.41) is 11.8. The maximum absolute atomic E-state index is 13.3. The van der Waals surface area contributed by atoms with Gasteiger partial charge in [-0.3, -0.25) is 4.79 Å². The molecule has 0 fully saturated rings. The Bertz CT molecular complexity index is 1030. The molecule has 0 saturated carbocycles. The molecule has 0 bridgehead atoms. The van der Waals surface area contributed by atoms with E-state index in [9.17, 15) is 4.79 Å². The third-order valence-corrected chi connectivity index (χ3v) is 6.37. The summed E-state index contributed by atoms with van der Waals surface area (Å²) in [6.07, 6.45) is 0. The van der Waals surface area contributed by atoms with Crippen molar-refractivity contribution in [1.82, 2.24) is 14.9 Å². The van der Waals surface area contributed by atoms with Crippen LogP contribution in [0.3, 0.4) is 0 Å². The number of benzene rings is 2. The van der Waals surface area contributed by atoms with E-state index >= 15 is 0 Å². The average molecular weight is 394 g/mol. The van der Waals surface area contributed by atoms with Crippen molar-refractivity contribution in [2.24, 2.45) is 0 Å². The molecule has 2 N–H and O–H groups in total. The Morgan fingerprint density at radius 3 is 2.57 bits per heavy atom. The molecule has 2 atom stereocenters. The van der Waals surface area contributed by atoms with Gasteiger partial charge in [0.05, 0.1) is 6.04 Å². The molecule has 1 amide bonds. The predicted molar refractivity (Wildman–Crippen MR) is 112 cm³/mol. The topological polar surface area (TPSA) is 71.8 Å². The van der Waals surface area contributed by atoms with Gasteiger partial charge in [0, 0.05) is 5.69 Å². The lowest BCUT2D eigenvalue weighted by Crippen LogP contribution is -2.41. The molecule has 2 heterocycles. The smallest absolute Gasteiger partial charge is 0.240 e. The number of aromatic nitrogens is 3. The SMILES string of the molecule is Cc1ccc([C@H]2Nn3c(C)nnc3S[C@@H]2C(=O)Nc2cccc(C)c2C)cc1. The quantitative estimate of drug-likeness (QED) is 0.706. The van der Waals surface area contributed by atoms with E-state index < -0.39 is 0 Å². The van der Waals surface area contributed by atoms with Crippen LogP contribution in [0.25, 0.3) is 0 Å². The van der Waals surface area contributed by atoms with Crippen LogP contribution in [0.2, 0.25) is 0 Å². The van der Waals surface area contributed by atoms with Gasteiger partial charge >= 0.3 is 0 Å². The maximum atomic E-state index is 13.3. The number of fused-ring (bicyclic) bond motifs is 1. The van der Waals surface area contributed by atoms with Gasteiger partial charge in [-0.1, -0.05) is 53.7 Å². The van der Waals surface area contributed by atoms with Crippen LogP contribution >= 0.6 is 11.8 Å². The predicted octanol–water partition coefficient (Wildman–Crippen LogP) is 3.91. The lowest BCUT2D eigenvalue weighted by atomic mass is 10.0. The molecule has 0 spiro atoms. The van der Waals surface area contributed by atoms with Gasteiger partial charge in [0.1, 0.15) is 11.1 Å². The van der Waals surface area contributed by atoms with E-state index in [-0.39, 0.29) is 17.2 Å². The van der Waals surface area contributed by atoms with Crippen molar-refractivity contribution in [3.63, 3.8) is 0 Å². The number of carbonyl (C=O) groups is 1. The van der Waals surface area contributed by atoms with Crippen LogP contribution < -0.4 is 10.7 Å². The highest BCUT2D eigenvalue weighted by Gasteiger charge is 2.37. The number of hydrogen-bond acceptors (Lipinski definition) is 5. The summed E-state index contributed by atoms with van der Waals surface area (Å²) in [4.78, 5) is 13.3. The molecule has 3 aromatic rings. The Morgan fingerprint density at radius 2 is 1.82 bits per heavy atom. The zero-order valence-corrected chi connectivity index (χ0v) is 17.2. The Kier molecular flexibility index (Phi) is 4.85. The van der Waals surface area contributed by atoms with Crippen molar-refractivity contribution < 1.29 is 4.79 Å². The van der Waals surface area contributed by atoms with Gasteiger partial charge in [-0.2, -0.15) is 0 Å². The number of aryl methyl sites for hydroxylation is 3. The van der Waals surface area contributed by atoms with E-state index in [4.69, 9.17) is 0 Å². The summed E-state index contributed by atoms with van der Waals surface area (Å²) in [7, 11) is 0. The largest absolute Gasteiger partial charge is 0.325 e. The minimum Gasteiger partial charge on any atom is -0.325 e. The van der Waals surface area contributed by atoms with Crippen molar-refractivity contribution in [2.45, 2.75) is 44.1 Å². The number of amides is 1. The summed E-state index contributed by atoms with van der Waals surface area (Å²) < 4.78 is 1.86. The molecule has 0 aliphatic carbocycles. The summed E-state index contributed by atoms with van der Waals surface area (Å²) in [5.41, 5.74) is 8.75. The highest BCUT2D eigenvalue weighted by atomic mass is 32.2. The second-order valence-corrected chi connectivity index (χ2v) is 8.27. The van der Waals surface area contributed by atoms with Crippen molar-refractivity contribution in [3.8, 4) is 0 Å². The fraction of sp³-hybridized carbons (Fsp3) is 0.286. The number of hydrogen-bond donors (Lipinski definition) is 2. The van der Waals surface area contributed by atoms with Gasteiger partial charge < -0.3 is 10.7 Å². The first-order chi connectivity index (χ1) is 13.4. The lowest BCUT2D eigenvalue weighted by molar-refractivity contribution is -0.116. The molecule has 1 aromatic heterocycles. The highest BCUT2D eigenvalue weighted by molar-refractivity contribution is 8.00. The first kappa shape index (κ1) is 18.6. The van der Waals surface area contributed by atoms with Gasteiger partial charge in [0.2, 0.25) is 11.1 Å². The van der Waals surface area contributed by atoms with Crippen molar-refractivity contribution in [1.29, 1.82) is 0 Å². The molecular formula is C21H23N5OS. The molecule has 0 saturated heterocycles. The van der Waals surface area contributed by atoms with Gasteiger partial charge in [0.25, 0.3) is 0 Å². The van der Waals surface area contributed by atoms with Gasteiger partial charge in [-0.05, 0) is 50.5 Å². The Balaban J connectivity index is 1.68. The summed E-state index contributed by atoms with van der Waals surface area (Å²) >= 11 is 1.44. The van der Waals surface area contributed by atoms with Crippen LogP contribution in [0.1, 0.15) is 34.1 Å². The molecule has 144 valence electrons. The third-order valence-electron chi connectivity index (χ3n) is 5.16. The monoisotopic (exact) mass is 393 g/mol. The normalized spacial score (nSPS) is 18.3. The molecule has 0 radical (unpaired) electrons. The minimum atomic E-state index is -0.376. The van der Waals surface area contributed by atoms with E-state index in [1.165, 1.54) is 17.3 Å². The van der Waals surface area contributed by atoms with Crippen LogP contribution in [0, 0.1) is 27.7 Å². The second kappa shape index (κ2) is 7.31. The van der Waals surface area contributed by atoms with E-state index in [1.54, 1.807) is 0 Å². The molecule has 2 aromatic carbocycles. The molecule has 4 rings (SSSR count). The summed E-state index contributed by atoms with van der Waals surface area (Å²) in [6, 6.07) is 14.0. The minimum absolute atomic E-state index is 0.0521. The highest BCUT2D eigenvalue weighted by Crippen LogP contribution is 2.37. The fourth-order valence-electron chi connectivity index (χ4n) is 3.27. The van der Waals surface area contributed by atoms with E-state index in [2.05, 4.69) is 52.1 Å². The van der Waals surface area contributed by atoms with E-state index in [0.29, 0.717) is 5.16 Å². The van der Waals surface area contributed by atoms with Crippen LogP contribution in [0.5, 0.6) is 0 Å². The number of anilines is 1. The zero-order chi connectivity index (χ0) is 19.8. The molecule has 28 heavy (non-hydrogen) atoms. The Labute approximate surface area is 168 Å². The molecule has 6 nitrogen and oxygen atoms in total. The number of rotatable bonds is 3. The zero-order valence-electron chi connectivity index (χ0n) is 16.4. The maximum Gasteiger partial charge on any atom is 0.240 e. The first-order valence-electron chi connectivity index (χ1n) is 9.23. The second-order valence-electron chi connectivity index (χ2n) is 7.16. The Morgan fingerprint density at radius 1 is 1.07 bits per heavy atom. The molecule has 1 aliphatic heterocycles. The fourth-order valence-corrected chi connectivity index (χ4v) is 4.40. The van der Waals surface area contributed by atoms with E-state index in [1.807, 2.05) is 43.6 Å². The number of nitrogens with one attached hydrogen (secondary N) is 2. The van der Waals surface area contributed by atoms with Gasteiger partial charge in [-0.25, -0.2) is 4.68 Å². The molecular weight excluding hydrogens is 370 g/mol. The molecule has 1 aliphatic rings. The standard InChI is InChI=1S/C21H23N5OS/c1-12-8-10-16(11-9-12)18-19(28-21-24-23-15(4)26(21)25-18)20(27)22-17-7-5-6-13(2)14(17)3/h5-11,18-19,25H,1-4H3,(H,22,27)/t18-,19+/m1/s1. The Hall–Kier alpha value is -2.80. The van der Waals surface area contributed by atoms with Gasteiger partial charge in [-0.15, -0.1) is 10.2 Å². The van der Waals surface area contributed by atoms with Crippen LogP contribution in [0.4, 0.5) is 5.69 Å². The third kappa shape index (κ3) is 3.38. The summed E-state index contributed by atoms with van der Waals surface area (Å²) in [6.45, 7) is 8.02. The number of nitrogens with zero attached hydrogens (tertiary/aromatic N) is 3.